The van der Waals surface area contributed by atoms with Gasteiger partial charge in [-0.25, -0.2) is 4.57 Å². The van der Waals surface area contributed by atoms with E-state index in [4.69, 9.17) is 0 Å². The predicted molar refractivity (Wildman–Crippen MR) is 69.9 cm³/mol. The van der Waals surface area contributed by atoms with E-state index in [0.717, 1.165) is 0 Å². The molecule has 1 aromatic rings. The number of carbonyl (C=O) groups excluding carboxylic acids is 1. The molecule has 0 radical (unpaired) electrons. The quantitative estimate of drug-likeness (QED) is 0.599. The molecular weight excluding hydrogens is 250 g/mol. The van der Waals surface area contributed by atoms with Gasteiger partial charge in [-0.3, -0.25) is 4.79 Å². The van der Waals surface area contributed by atoms with Crippen LogP contribution in [-0.2, 0) is 7.05 Å². The second-order valence-corrected chi connectivity index (χ2v) is 4.51. The van der Waals surface area contributed by atoms with Gasteiger partial charge in [-0.05, 0) is 23.8 Å². The third-order valence-electron chi connectivity index (χ3n) is 3.41. The van der Waals surface area contributed by atoms with Gasteiger partial charge in [0.05, 0.1) is 12.6 Å². The Balaban J connectivity index is 2.77. The molecule has 0 unspecified atom stereocenters. The van der Waals surface area contributed by atoms with Gasteiger partial charge in [-0.1, -0.05) is 13.8 Å². The van der Waals surface area contributed by atoms with Crippen molar-refractivity contribution in [1.29, 1.82) is 0 Å². The van der Waals surface area contributed by atoms with E-state index >= 15 is 0 Å². The second-order valence-electron chi connectivity index (χ2n) is 4.51. The normalized spacial score (nSPS) is 11.4. The Morgan fingerprint density at radius 1 is 1.47 bits per heavy atom. The van der Waals surface area contributed by atoms with E-state index in [1.165, 1.54) is 23.7 Å². The number of nitrogens with zero attached hydrogens (tertiary/aromatic N) is 2. The number of aromatic nitrogens is 1. The third-order valence-corrected chi connectivity index (χ3v) is 3.41. The highest BCUT2D eigenvalue weighted by molar-refractivity contribution is 5.93. The van der Waals surface area contributed by atoms with Crippen LogP contribution in [0.1, 0.15) is 37.2 Å². The molecule has 106 valence electrons. The maximum atomic E-state index is 11.9. The van der Waals surface area contributed by atoms with Crippen molar-refractivity contribution >= 4 is 11.7 Å². The molecule has 0 aromatic carbocycles. The lowest BCUT2D eigenvalue weighted by Gasteiger charge is -2.25. The van der Waals surface area contributed by atoms with Crippen molar-refractivity contribution in [3.05, 3.63) is 27.9 Å². The molecular formula is C12H19N3O4. The lowest BCUT2D eigenvalue weighted by atomic mass is 9.97. The first-order valence-electron chi connectivity index (χ1n) is 6.15. The molecule has 1 rings (SSSR count). The maximum Gasteiger partial charge on any atom is 0.323 e. The number of rotatable bonds is 6. The Hall–Kier alpha value is -1.89. The SMILES string of the molecule is CCC(O)(CC)CNC(=O)c1ccc([N+](=O)[O-])n1C. The summed E-state index contributed by atoms with van der Waals surface area (Å²) in [6.07, 6.45) is 1.05. The van der Waals surface area contributed by atoms with Crippen LogP contribution in [0.4, 0.5) is 5.82 Å². The molecule has 0 aliphatic carbocycles. The number of hydrogen-bond acceptors (Lipinski definition) is 4. The molecule has 0 fully saturated rings. The van der Waals surface area contributed by atoms with Crippen molar-refractivity contribution in [2.45, 2.75) is 32.3 Å². The minimum atomic E-state index is -0.938. The molecule has 0 aliphatic heterocycles. The molecule has 1 heterocycles. The van der Waals surface area contributed by atoms with Crippen LogP contribution in [0, 0.1) is 10.1 Å². The first-order valence-corrected chi connectivity index (χ1v) is 6.15. The van der Waals surface area contributed by atoms with Gasteiger partial charge in [0.15, 0.2) is 5.69 Å². The van der Waals surface area contributed by atoms with Crippen LogP contribution in [0.3, 0.4) is 0 Å². The fourth-order valence-electron chi connectivity index (χ4n) is 1.75. The molecule has 7 heteroatoms. The fourth-order valence-corrected chi connectivity index (χ4v) is 1.75. The summed E-state index contributed by atoms with van der Waals surface area (Å²) >= 11 is 0. The Morgan fingerprint density at radius 3 is 2.47 bits per heavy atom. The Labute approximate surface area is 111 Å². The van der Waals surface area contributed by atoms with Gasteiger partial charge in [0.2, 0.25) is 0 Å². The minimum Gasteiger partial charge on any atom is -0.388 e. The summed E-state index contributed by atoms with van der Waals surface area (Å²) in [6.45, 7) is 3.80. The van der Waals surface area contributed by atoms with Gasteiger partial charge >= 0.3 is 5.82 Å². The molecule has 0 bridgehead atoms. The second kappa shape index (κ2) is 5.83. The average Bonchev–Trinajstić information content (AvgIpc) is 2.77. The molecule has 7 nitrogen and oxygen atoms in total. The lowest BCUT2D eigenvalue weighted by molar-refractivity contribution is -0.391. The van der Waals surface area contributed by atoms with E-state index in [9.17, 15) is 20.0 Å². The number of hydrogen-bond donors (Lipinski definition) is 2. The van der Waals surface area contributed by atoms with Gasteiger partial charge in [0.25, 0.3) is 5.91 Å². The van der Waals surface area contributed by atoms with Gasteiger partial charge in [0.1, 0.15) is 0 Å². The van der Waals surface area contributed by atoms with Crippen LogP contribution < -0.4 is 5.32 Å². The Kier molecular flexibility index (Phi) is 4.66. The Morgan fingerprint density at radius 2 is 2.05 bits per heavy atom. The van der Waals surface area contributed by atoms with Crippen molar-refractivity contribution in [2.24, 2.45) is 7.05 Å². The highest BCUT2D eigenvalue weighted by Crippen LogP contribution is 2.16. The van der Waals surface area contributed by atoms with Gasteiger partial charge < -0.3 is 20.5 Å². The third kappa shape index (κ3) is 3.31. The van der Waals surface area contributed by atoms with Gasteiger partial charge in [0, 0.05) is 12.6 Å². The van der Waals surface area contributed by atoms with E-state index < -0.39 is 16.4 Å². The van der Waals surface area contributed by atoms with E-state index in [-0.39, 0.29) is 18.1 Å². The first-order chi connectivity index (χ1) is 8.84. The van der Waals surface area contributed by atoms with E-state index in [2.05, 4.69) is 5.32 Å². The van der Waals surface area contributed by atoms with Crippen molar-refractivity contribution in [1.82, 2.24) is 9.88 Å². The average molecular weight is 269 g/mol. The summed E-state index contributed by atoms with van der Waals surface area (Å²) in [5.41, 5.74) is -0.742. The molecule has 1 amide bonds. The zero-order valence-corrected chi connectivity index (χ0v) is 11.3. The van der Waals surface area contributed by atoms with Gasteiger partial charge in [-0.15, -0.1) is 0 Å². The summed E-state index contributed by atoms with van der Waals surface area (Å²) in [4.78, 5) is 22.0. The van der Waals surface area contributed by atoms with Crippen molar-refractivity contribution in [3.63, 3.8) is 0 Å². The molecule has 19 heavy (non-hydrogen) atoms. The maximum absolute atomic E-state index is 11.9. The number of nitrogens with one attached hydrogen (secondary N) is 1. The van der Waals surface area contributed by atoms with Crippen LogP contribution in [0.5, 0.6) is 0 Å². The van der Waals surface area contributed by atoms with Crippen molar-refractivity contribution in [3.8, 4) is 0 Å². The molecule has 0 saturated carbocycles. The van der Waals surface area contributed by atoms with E-state index in [1.54, 1.807) is 0 Å². The number of amides is 1. The molecule has 0 aliphatic rings. The molecule has 1 aromatic heterocycles. The summed E-state index contributed by atoms with van der Waals surface area (Å²) in [5, 5.41) is 23.3. The smallest absolute Gasteiger partial charge is 0.323 e. The highest BCUT2D eigenvalue weighted by Gasteiger charge is 2.25. The lowest BCUT2D eigenvalue weighted by Crippen LogP contribution is -2.42. The zero-order chi connectivity index (χ0) is 14.6. The topological polar surface area (TPSA) is 97.4 Å². The summed E-state index contributed by atoms with van der Waals surface area (Å²) < 4.78 is 1.21. The predicted octanol–water partition coefficient (Wildman–Crippen LogP) is 1.21. The summed E-state index contributed by atoms with van der Waals surface area (Å²) in [7, 11) is 1.46. The summed E-state index contributed by atoms with van der Waals surface area (Å²) in [6, 6.07) is 2.67. The molecule has 2 N–H and O–H groups in total. The molecule has 0 spiro atoms. The minimum absolute atomic E-state index is 0.123. The number of carbonyl (C=O) groups is 1. The number of nitro groups is 1. The first kappa shape index (κ1) is 15.2. The van der Waals surface area contributed by atoms with Crippen molar-refractivity contribution < 1.29 is 14.8 Å². The van der Waals surface area contributed by atoms with Crippen molar-refractivity contribution in [2.75, 3.05) is 6.54 Å². The highest BCUT2D eigenvalue weighted by atomic mass is 16.6. The van der Waals surface area contributed by atoms with Crippen LogP contribution in [-0.4, -0.2) is 32.6 Å². The monoisotopic (exact) mass is 269 g/mol. The van der Waals surface area contributed by atoms with Gasteiger partial charge in [-0.2, -0.15) is 0 Å². The fraction of sp³-hybridized carbons (Fsp3) is 0.583. The van der Waals surface area contributed by atoms with Crippen LogP contribution >= 0.6 is 0 Å². The van der Waals surface area contributed by atoms with Crippen LogP contribution in [0.25, 0.3) is 0 Å². The largest absolute Gasteiger partial charge is 0.388 e. The molecule has 0 saturated heterocycles. The standard InChI is InChI=1S/C12H19N3O4/c1-4-12(17,5-2)8-13-11(16)9-6-7-10(14(9)3)15(18)19/h6-7,17H,4-5,8H2,1-3H3,(H,13,16). The number of aliphatic hydroxyl groups is 1. The van der Waals surface area contributed by atoms with E-state index in [0.29, 0.717) is 12.8 Å². The van der Waals surface area contributed by atoms with Crippen LogP contribution in [0.15, 0.2) is 12.1 Å². The zero-order valence-electron chi connectivity index (χ0n) is 11.3. The summed E-state index contributed by atoms with van der Waals surface area (Å²) in [5.74, 6) is -0.581. The van der Waals surface area contributed by atoms with Crippen LogP contribution in [0.2, 0.25) is 0 Å². The molecule has 0 atom stereocenters. The Bertz CT molecular complexity index is 477. The van der Waals surface area contributed by atoms with E-state index in [1.807, 2.05) is 13.8 Å².